The van der Waals surface area contributed by atoms with E-state index in [2.05, 4.69) is 31.6 Å². The van der Waals surface area contributed by atoms with E-state index in [-0.39, 0.29) is 6.61 Å². The molecule has 1 aromatic rings. The molecule has 0 fully saturated rings. The van der Waals surface area contributed by atoms with E-state index >= 15 is 0 Å². The van der Waals surface area contributed by atoms with Crippen LogP contribution >= 0.6 is 15.9 Å². The second-order valence-electron chi connectivity index (χ2n) is 4.55. The highest BCUT2D eigenvalue weighted by Crippen LogP contribution is 2.31. The van der Waals surface area contributed by atoms with Gasteiger partial charge in [0.05, 0.1) is 12.2 Å². The number of ether oxygens (including phenoxy) is 1. The number of nitrogens with zero attached hydrogens (tertiary/aromatic N) is 2. The highest BCUT2D eigenvalue weighted by atomic mass is 79.9. The van der Waals surface area contributed by atoms with Gasteiger partial charge in [0, 0.05) is 10.2 Å². The maximum atomic E-state index is 12.2. The van der Waals surface area contributed by atoms with Gasteiger partial charge in [0.25, 0.3) is 0 Å². The molecule has 1 aliphatic rings. The molecule has 2 rings (SSSR count). The topological polar surface area (TPSA) is 86.5 Å². The smallest absolute Gasteiger partial charge is 0.338 e. The Hall–Kier alpha value is -2.33. The van der Waals surface area contributed by atoms with Crippen LogP contribution in [0, 0.1) is 11.5 Å². The summed E-state index contributed by atoms with van der Waals surface area (Å²) in [5.41, 5.74) is 1.89. The Morgan fingerprint density at radius 3 is 2.77 bits per heavy atom. The molecule has 0 aliphatic carbocycles. The van der Waals surface area contributed by atoms with E-state index in [0.29, 0.717) is 17.2 Å². The maximum Gasteiger partial charge on any atom is 0.338 e. The molecule has 0 unspecified atom stereocenters. The van der Waals surface area contributed by atoms with Gasteiger partial charge in [-0.25, -0.2) is 9.79 Å². The van der Waals surface area contributed by atoms with Crippen molar-refractivity contribution >= 4 is 27.9 Å². The number of rotatable bonds is 3. The van der Waals surface area contributed by atoms with Crippen LogP contribution in [0.15, 0.2) is 45.0 Å². The van der Waals surface area contributed by atoms with Gasteiger partial charge in [-0.2, -0.15) is 5.26 Å². The molecule has 1 heterocycles. The lowest BCUT2D eigenvalue weighted by atomic mass is 9.96. The van der Waals surface area contributed by atoms with Gasteiger partial charge in [0.15, 0.2) is 6.19 Å². The van der Waals surface area contributed by atoms with Crippen molar-refractivity contribution in [2.45, 2.75) is 19.9 Å². The van der Waals surface area contributed by atoms with Crippen LogP contribution in [-0.4, -0.2) is 18.5 Å². The molecule has 0 saturated heterocycles. The Bertz CT molecular complexity index is 674. The van der Waals surface area contributed by atoms with Crippen molar-refractivity contribution < 1.29 is 9.53 Å². The third-order valence-corrected chi connectivity index (χ3v) is 3.63. The number of carbonyl (C=O) groups is 1. The van der Waals surface area contributed by atoms with Crippen molar-refractivity contribution in [1.29, 1.82) is 5.26 Å². The Balaban J connectivity index is 2.45. The van der Waals surface area contributed by atoms with Crippen LogP contribution in [0.4, 0.5) is 0 Å². The molecule has 0 aromatic heterocycles. The molecule has 0 bridgehead atoms. The van der Waals surface area contributed by atoms with E-state index in [4.69, 9.17) is 10.00 Å². The Morgan fingerprint density at radius 1 is 1.50 bits per heavy atom. The van der Waals surface area contributed by atoms with Crippen molar-refractivity contribution in [1.82, 2.24) is 10.6 Å². The summed E-state index contributed by atoms with van der Waals surface area (Å²) in [5.74, 6) is -0.110. The number of aliphatic imine (C=N–C) groups is 1. The predicted octanol–water partition coefficient (Wildman–Crippen LogP) is 2.36. The Morgan fingerprint density at radius 2 is 2.18 bits per heavy atom. The van der Waals surface area contributed by atoms with E-state index in [1.54, 1.807) is 13.8 Å². The fourth-order valence-electron chi connectivity index (χ4n) is 2.15. The average Bonchev–Trinajstić information content (AvgIpc) is 2.48. The summed E-state index contributed by atoms with van der Waals surface area (Å²) < 4.78 is 6.05. The summed E-state index contributed by atoms with van der Waals surface area (Å²) in [7, 11) is 0. The average molecular weight is 363 g/mol. The summed E-state index contributed by atoms with van der Waals surface area (Å²) in [5, 5.41) is 14.1. The first-order valence-electron chi connectivity index (χ1n) is 6.70. The van der Waals surface area contributed by atoms with E-state index in [1.807, 2.05) is 30.5 Å². The van der Waals surface area contributed by atoms with Crippen LogP contribution in [0.5, 0.6) is 0 Å². The summed E-state index contributed by atoms with van der Waals surface area (Å²) in [6, 6.07) is 6.98. The number of nitrogens with one attached hydrogen (secondary N) is 2. The van der Waals surface area contributed by atoms with Crippen LogP contribution in [0.3, 0.4) is 0 Å². The molecular formula is C15H15BrN4O2. The van der Waals surface area contributed by atoms with Gasteiger partial charge in [-0.3, -0.25) is 5.32 Å². The molecule has 114 valence electrons. The molecule has 1 aliphatic heterocycles. The first kappa shape index (κ1) is 16.0. The maximum absolute atomic E-state index is 12.2. The molecule has 0 radical (unpaired) electrons. The minimum atomic E-state index is -0.524. The number of benzene rings is 1. The van der Waals surface area contributed by atoms with E-state index in [9.17, 15) is 4.79 Å². The largest absolute Gasteiger partial charge is 0.463 e. The van der Waals surface area contributed by atoms with Gasteiger partial charge >= 0.3 is 5.97 Å². The molecule has 2 N–H and O–H groups in total. The fraction of sp³-hybridized carbons (Fsp3) is 0.267. The second-order valence-corrected chi connectivity index (χ2v) is 5.47. The van der Waals surface area contributed by atoms with Crippen LogP contribution in [0.1, 0.15) is 25.5 Å². The van der Waals surface area contributed by atoms with Crippen molar-refractivity contribution in [3.8, 4) is 6.19 Å². The van der Waals surface area contributed by atoms with Crippen LogP contribution in [-0.2, 0) is 9.53 Å². The summed E-state index contributed by atoms with van der Waals surface area (Å²) in [4.78, 5) is 16.6. The molecular weight excluding hydrogens is 348 g/mol. The number of halogens is 1. The third kappa shape index (κ3) is 3.46. The number of hydrogen-bond acceptors (Lipinski definition) is 6. The monoisotopic (exact) mass is 362 g/mol. The van der Waals surface area contributed by atoms with Gasteiger partial charge in [0.1, 0.15) is 6.04 Å². The van der Waals surface area contributed by atoms with E-state index in [1.165, 1.54) is 0 Å². The van der Waals surface area contributed by atoms with Crippen molar-refractivity contribution in [2.75, 3.05) is 6.61 Å². The summed E-state index contributed by atoms with van der Waals surface area (Å²) in [6.45, 7) is 3.80. The van der Waals surface area contributed by atoms with Crippen molar-refractivity contribution in [3.05, 3.63) is 45.6 Å². The zero-order valence-electron chi connectivity index (χ0n) is 12.2. The normalized spacial score (nSPS) is 17.2. The number of carbonyl (C=O) groups excluding carboxylic acids is 1. The number of allylic oxidation sites excluding steroid dienone is 1. The summed E-state index contributed by atoms with van der Waals surface area (Å²) in [6.07, 6.45) is 1.82. The molecule has 1 aromatic carbocycles. The SMILES string of the molecule is CCOC(=O)C1=C(C)NC(NC#N)=N[C@H]1c1ccc(Br)cc1. The quantitative estimate of drug-likeness (QED) is 0.489. The molecule has 0 spiro atoms. The molecule has 6 nitrogen and oxygen atoms in total. The third-order valence-electron chi connectivity index (χ3n) is 3.10. The van der Waals surface area contributed by atoms with Crippen LogP contribution < -0.4 is 10.6 Å². The predicted molar refractivity (Wildman–Crippen MR) is 85.5 cm³/mol. The van der Waals surface area contributed by atoms with Crippen molar-refractivity contribution in [2.24, 2.45) is 4.99 Å². The first-order chi connectivity index (χ1) is 10.6. The van der Waals surface area contributed by atoms with Gasteiger partial charge in [-0.15, -0.1) is 0 Å². The molecule has 22 heavy (non-hydrogen) atoms. The number of hydrogen-bond donors (Lipinski definition) is 2. The lowest BCUT2D eigenvalue weighted by molar-refractivity contribution is -0.138. The van der Waals surface area contributed by atoms with Gasteiger partial charge in [0.2, 0.25) is 5.96 Å². The van der Waals surface area contributed by atoms with Crippen molar-refractivity contribution in [3.63, 3.8) is 0 Å². The lowest BCUT2D eigenvalue weighted by Gasteiger charge is -2.25. The standard InChI is InChI=1S/C15H15BrN4O2/c1-3-22-14(21)12-9(2)19-15(18-8-17)20-13(12)10-4-6-11(16)7-5-10/h4-7,13H,3H2,1-2H3,(H2,18,19,20)/t13-/m0/s1. The molecule has 1 atom stereocenters. The first-order valence-corrected chi connectivity index (χ1v) is 7.49. The fourth-order valence-corrected chi connectivity index (χ4v) is 2.42. The van der Waals surface area contributed by atoms with Gasteiger partial charge in [-0.1, -0.05) is 28.1 Å². The van der Waals surface area contributed by atoms with Gasteiger partial charge in [-0.05, 0) is 31.5 Å². The lowest BCUT2D eigenvalue weighted by Crippen LogP contribution is -2.39. The highest BCUT2D eigenvalue weighted by molar-refractivity contribution is 9.10. The van der Waals surface area contributed by atoms with E-state index < -0.39 is 12.0 Å². The zero-order valence-corrected chi connectivity index (χ0v) is 13.8. The van der Waals surface area contributed by atoms with E-state index in [0.717, 1.165) is 10.0 Å². The van der Waals surface area contributed by atoms with Crippen LogP contribution in [0.25, 0.3) is 0 Å². The molecule has 7 heteroatoms. The molecule has 0 saturated carbocycles. The zero-order chi connectivity index (χ0) is 16.1. The summed E-state index contributed by atoms with van der Waals surface area (Å²) >= 11 is 3.38. The number of guanidine groups is 1. The Kier molecular flexibility index (Phi) is 5.17. The number of nitriles is 1. The Labute approximate surface area is 137 Å². The minimum Gasteiger partial charge on any atom is -0.463 e. The van der Waals surface area contributed by atoms with Gasteiger partial charge < -0.3 is 10.1 Å². The number of esters is 1. The highest BCUT2D eigenvalue weighted by Gasteiger charge is 2.30. The van der Waals surface area contributed by atoms with Crippen LogP contribution in [0.2, 0.25) is 0 Å². The molecule has 0 amide bonds. The minimum absolute atomic E-state index is 0.287. The second kappa shape index (κ2) is 7.09.